The third-order valence-corrected chi connectivity index (χ3v) is 5.11. The highest BCUT2D eigenvalue weighted by molar-refractivity contribution is 6.27. The molecule has 3 aliphatic rings. The number of ketones is 1. The number of carbonyl (C=O) groups is 3. The second kappa shape index (κ2) is 4.53. The third kappa shape index (κ3) is 1.68. The Morgan fingerprint density at radius 3 is 2.55 bits per heavy atom. The number of amides is 3. The molecule has 1 saturated carbocycles. The smallest absolute Gasteiger partial charge is 0.326 e. The molecule has 0 aromatic heterocycles. The standard InChI is InChI=1S/C17H16N2O3/c18-17(22)19-13-4-2-1-3-11(13)14(16(19)21)15(20)12-8-9-5-6-10(12)7-9/h1-6,9-10,12,14H,7-8H2,(H2,18,22). The van der Waals surface area contributed by atoms with Crippen LogP contribution in [0, 0.1) is 17.8 Å². The number of hydrogen-bond donors (Lipinski definition) is 1. The number of urea groups is 1. The molecule has 1 aliphatic heterocycles. The number of benzene rings is 1. The van der Waals surface area contributed by atoms with Gasteiger partial charge in [-0.2, -0.15) is 0 Å². The highest BCUT2D eigenvalue weighted by Gasteiger charge is 2.49. The van der Waals surface area contributed by atoms with Gasteiger partial charge in [0.1, 0.15) is 5.92 Å². The second-order valence-corrected chi connectivity index (χ2v) is 6.29. The van der Waals surface area contributed by atoms with Gasteiger partial charge in [-0.1, -0.05) is 30.4 Å². The summed E-state index contributed by atoms with van der Waals surface area (Å²) < 4.78 is 0. The lowest BCUT2D eigenvalue weighted by molar-refractivity contribution is -0.130. The predicted octanol–water partition coefficient (Wildman–Crippen LogP) is 1.98. The molecule has 0 spiro atoms. The molecular formula is C17H16N2O3. The van der Waals surface area contributed by atoms with Gasteiger partial charge in [-0.3, -0.25) is 9.59 Å². The van der Waals surface area contributed by atoms with Crippen molar-refractivity contribution in [3.8, 4) is 0 Å². The zero-order chi connectivity index (χ0) is 15.4. The first kappa shape index (κ1) is 13.2. The maximum atomic E-state index is 12.9. The van der Waals surface area contributed by atoms with Gasteiger partial charge >= 0.3 is 6.03 Å². The van der Waals surface area contributed by atoms with E-state index in [-0.39, 0.29) is 17.6 Å². The fourth-order valence-electron chi connectivity index (χ4n) is 4.14. The first-order valence-corrected chi connectivity index (χ1v) is 7.52. The van der Waals surface area contributed by atoms with Crippen LogP contribution >= 0.6 is 0 Å². The SMILES string of the molecule is NC(=O)N1C(=O)C(C(=O)C2CC3C=CC2C3)c2ccccc21. The van der Waals surface area contributed by atoms with E-state index < -0.39 is 17.9 Å². The summed E-state index contributed by atoms with van der Waals surface area (Å²) in [4.78, 5) is 38.1. The highest BCUT2D eigenvalue weighted by atomic mass is 16.2. The number of hydrogen-bond acceptors (Lipinski definition) is 3. The number of allylic oxidation sites excluding steroid dienone is 2. The Kier molecular flexibility index (Phi) is 2.73. The van der Waals surface area contributed by atoms with Crippen molar-refractivity contribution < 1.29 is 14.4 Å². The van der Waals surface area contributed by atoms with Crippen molar-refractivity contribution in [3.05, 3.63) is 42.0 Å². The Bertz CT molecular complexity index is 724. The highest BCUT2D eigenvalue weighted by Crippen LogP contribution is 2.48. The van der Waals surface area contributed by atoms with Gasteiger partial charge in [-0.15, -0.1) is 0 Å². The molecule has 5 nitrogen and oxygen atoms in total. The van der Waals surface area contributed by atoms with Crippen LogP contribution in [0.15, 0.2) is 36.4 Å². The monoisotopic (exact) mass is 296 g/mol. The van der Waals surface area contributed by atoms with Crippen LogP contribution in [0.1, 0.15) is 24.3 Å². The molecule has 1 aromatic carbocycles. The van der Waals surface area contributed by atoms with E-state index in [0.29, 0.717) is 17.2 Å². The maximum Gasteiger partial charge on any atom is 0.326 e. The Labute approximate surface area is 127 Å². The number of fused-ring (bicyclic) bond motifs is 3. The molecular weight excluding hydrogens is 280 g/mol. The van der Waals surface area contributed by atoms with E-state index in [1.165, 1.54) is 0 Å². The molecule has 2 N–H and O–H groups in total. The molecule has 2 aliphatic carbocycles. The van der Waals surface area contributed by atoms with E-state index in [0.717, 1.165) is 17.7 Å². The molecule has 1 heterocycles. The van der Waals surface area contributed by atoms with E-state index in [1.54, 1.807) is 24.3 Å². The fraction of sp³-hybridized carbons (Fsp3) is 0.353. The van der Waals surface area contributed by atoms with Crippen LogP contribution in [0.25, 0.3) is 0 Å². The summed E-state index contributed by atoms with van der Waals surface area (Å²) in [5.74, 6) is -0.896. The van der Waals surface area contributed by atoms with Crippen LogP contribution in [0.4, 0.5) is 10.5 Å². The predicted molar refractivity (Wildman–Crippen MR) is 80.1 cm³/mol. The van der Waals surface area contributed by atoms with Crippen molar-refractivity contribution >= 4 is 23.4 Å². The number of para-hydroxylation sites is 1. The summed E-state index contributed by atoms with van der Waals surface area (Å²) in [5.41, 5.74) is 6.36. The summed E-state index contributed by atoms with van der Waals surface area (Å²) in [7, 11) is 0. The molecule has 112 valence electrons. The number of primary amides is 1. The average molecular weight is 296 g/mol. The van der Waals surface area contributed by atoms with Gasteiger partial charge in [0.25, 0.3) is 0 Å². The van der Waals surface area contributed by atoms with Gasteiger partial charge < -0.3 is 5.73 Å². The van der Waals surface area contributed by atoms with Gasteiger partial charge in [0.05, 0.1) is 5.69 Å². The van der Waals surface area contributed by atoms with Crippen molar-refractivity contribution in [1.82, 2.24) is 0 Å². The van der Waals surface area contributed by atoms with Crippen LogP contribution < -0.4 is 10.6 Å². The minimum Gasteiger partial charge on any atom is -0.351 e. The first-order chi connectivity index (χ1) is 10.6. The first-order valence-electron chi connectivity index (χ1n) is 7.52. The lowest BCUT2D eigenvalue weighted by atomic mass is 9.81. The Balaban J connectivity index is 1.73. The van der Waals surface area contributed by atoms with Gasteiger partial charge in [0.15, 0.2) is 5.78 Å². The molecule has 4 unspecified atom stereocenters. The van der Waals surface area contributed by atoms with Gasteiger partial charge in [-0.25, -0.2) is 9.69 Å². The van der Waals surface area contributed by atoms with Crippen molar-refractivity contribution in [3.63, 3.8) is 0 Å². The summed E-state index contributed by atoms with van der Waals surface area (Å²) in [5, 5.41) is 0. The Hall–Kier alpha value is -2.43. The van der Waals surface area contributed by atoms with Crippen molar-refractivity contribution in [1.29, 1.82) is 0 Å². The maximum absolute atomic E-state index is 12.9. The van der Waals surface area contributed by atoms with Gasteiger partial charge in [0, 0.05) is 5.92 Å². The van der Waals surface area contributed by atoms with Crippen molar-refractivity contribution in [2.75, 3.05) is 4.90 Å². The molecule has 1 aromatic rings. The van der Waals surface area contributed by atoms with Gasteiger partial charge in [0.2, 0.25) is 5.91 Å². The average Bonchev–Trinajstić information content (AvgIpc) is 3.17. The topological polar surface area (TPSA) is 80.5 Å². The molecule has 22 heavy (non-hydrogen) atoms. The number of carbonyl (C=O) groups excluding carboxylic acids is 3. The van der Waals surface area contributed by atoms with E-state index in [4.69, 9.17) is 5.73 Å². The normalized spacial score (nSPS) is 31.6. The number of Topliss-reactive ketones (excluding diaryl/α,β-unsaturated/α-hetero) is 1. The van der Waals surface area contributed by atoms with E-state index in [9.17, 15) is 14.4 Å². The van der Waals surface area contributed by atoms with Crippen LogP contribution in [0.2, 0.25) is 0 Å². The minimum atomic E-state index is -0.888. The molecule has 0 saturated heterocycles. The summed E-state index contributed by atoms with van der Waals surface area (Å²) in [6.07, 6.45) is 6.06. The number of imide groups is 1. The van der Waals surface area contributed by atoms with E-state index in [2.05, 4.69) is 12.2 Å². The number of anilines is 1. The molecule has 5 heteroatoms. The zero-order valence-corrected chi connectivity index (χ0v) is 11.9. The van der Waals surface area contributed by atoms with Crippen LogP contribution in [-0.4, -0.2) is 17.7 Å². The summed E-state index contributed by atoms with van der Waals surface area (Å²) >= 11 is 0. The van der Waals surface area contributed by atoms with Crippen LogP contribution in [0.5, 0.6) is 0 Å². The third-order valence-electron chi connectivity index (χ3n) is 5.11. The van der Waals surface area contributed by atoms with E-state index >= 15 is 0 Å². The molecule has 4 rings (SSSR count). The quantitative estimate of drug-likeness (QED) is 0.669. The Morgan fingerprint density at radius 1 is 1.14 bits per heavy atom. The summed E-state index contributed by atoms with van der Waals surface area (Å²) in [6, 6.07) is 6.07. The van der Waals surface area contributed by atoms with Crippen LogP contribution in [0.3, 0.4) is 0 Å². The molecule has 2 bridgehead atoms. The number of rotatable bonds is 2. The van der Waals surface area contributed by atoms with Gasteiger partial charge in [-0.05, 0) is 36.3 Å². The summed E-state index contributed by atoms with van der Waals surface area (Å²) in [6.45, 7) is 0. The van der Waals surface area contributed by atoms with Crippen LogP contribution in [-0.2, 0) is 9.59 Å². The molecule has 1 fully saturated rings. The fourth-order valence-corrected chi connectivity index (χ4v) is 4.14. The minimum absolute atomic E-state index is 0.0712. The lowest BCUT2D eigenvalue weighted by Gasteiger charge is -2.20. The molecule has 3 amide bonds. The lowest BCUT2D eigenvalue weighted by Crippen LogP contribution is -2.41. The molecule has 4 atom stereocenters. The number of nitrogens with zero attached hydrogens (tertiary/aromatic N) is 1. The van der Waals surface area contributed by atoms with E-state index in [1.807, 2.05) is 0 Å². The zero-order valence-electron chi connectivity index (χ0n) is 11.9. The number of nitrogens with two attached hydrogens (primary N) is 1. The largest absolute Gasteiger partial charge is 0.351 e. The second-order valence-electron chi connectivity index (χ2n) is 6.29. The van der Waals surface area contributed by atoms with Crippen molar-refractivity contribution in [2.24, 2.45) is 23.5 Å². The Morgan fingerprint density at radius 2 is 1.91 bits per heavy atom. The van der Waals surface area contributed by atoms with Crippen molar-refractivity contribution in [2.45, 2.75) is 18.8 Å². The molecule has 0 radical (unpaired) electrons.